The van der Waals surface area contributed by atoms with Gasteiger partial charge in [-0.2, -0.15) is 0 Å². The van der Waals surface area contributed by atoms with E-state index in [1.165, 1.54) is 0 Å². The van der Waals surface area contributed by atoms with Crippen LogP contribution >= 0.6 is 15.9 Å². The van der Waals surface area contributed by atoms with Crippen LogP contribution in [0.4, 0.5) is 5.69 Å². The van der Waals surface area contributed by atoms with Gasteiger partial charge in [0, 0.05) is 11.0 Å². The van der Waals surface area contributed by atoms with Crippen LogP contribution in [0.1, 0.15) is 20.3 Å². The predicted molar refractivity (Wildman–Crippen MR) is 88.2 cm³/mol. The van der Waals surface area contributed by atoms with E-state index in [2.05, 4.69) is 45.3 Å². The fraction of sp³-hybridized carbons (Fsp3) is 0.467. The summed E-state index contributed by atoms with van der Waals surface area (Å²) in [5.74, 6) is -1.25. The molecule has 5 nitrogen and oxygen atoms in total. The molecule has 21 heavy (non-hydrogen) atoms. The number of nitrogens with zero attached hydrogens (tertiary/aromatic N) is 1. The molecule has 0 heterocycles. The largest absolute Gasteiger partial charge is 0.348 e. The standard InChI is InChI=1S/C15H22BrN3O2/c1-3-19(4-2)11-7-10-17-14(20)15(21)18-13-9-6-5-8-12(13)16/h5-6,8-9H,3-4,7,10-11H2,1-2H3,(H,17,20)(H,18,21). The second-order valence-electron chi connectivity index (χ2n) is 4.57. The maximum Gasteiger partial charge on any atom is 0.313 e. The first-order valence-corrected chi connectivity index (χ1v) is 7.93. The van der Waals surface area contributed by atoms with Crippen molar-refractivity contribution in [2.24, 2.45) is 0 Å². The lowest BCUT2D eigenvalue weighted by molar-refractivity contribution is -0.136. The van der Waals surface area contributed by atoms with Crippen LogP contribution in [0.2, 0.25) is 0 Å². The molecule has 116 valence electrons. The molecule has 0 bridgehead atoms. The highest BCUT2D eigenvalue weighted by molar-refractivity contribution is 9.10. The van der Waals surface area contributed by atoms with E-state index in [0.717, 1.165) is 30.5 Å². The molecule has 0 fully saturated rings. The molecule has 1 rings (SSSR count). The molecule has 0 spiro atoms. The van der Waals surface area contributed by atoms with Crippen molar-refractivity contribution < 1.29 is 9.59 Å². The number of nitrogens with one attached hydrogen (secondary N) is 2. The Morgan fingerprint density at radius 1 is 1.14 bits per heavy atom. The van der Waals surface area contributed by atoms with E-state index in [0.29, 0.717) is 12.2 Å². The van der Waals surface area contributed by atoms with Crippen molar-refractivity contribution >= 4 is 33.4 Å². The molecule has 0 aliphatic carbocycles. The molecule has 0 saturated carbocycles. The minimum Gasteiger partial charge on any atom is -0.348 e. The van der Waals surface area contributed by atoms with E-state index in [9.17, 15) is 9.59 Å². The minimum absolute atomic E-state index is 0.499. The number of para-hydroxylation sites is 1. The van der Waals surface area contributed by atoms with Gasteiger partial charge in [-0.3, -0.25) is 9.59 Å². The lowest BCUT2D eigenvalue weighted by atomic mass is 10.3. The van der Waals surface area contributed by atoms with Gasteiger partial charge in [-0.15, -0.1) is 0 Å². The normalized spacial score (nSPS) is 10.5. The fourth-order valence-electron chi connectivity index (χ4n) is 1.87. The SMILES string of the molecule is CCN(CC)CCCNC(=O)C(=O)Nc1ccccc1Br. The number of amides is 2. The molecule has 0 radical (unpaired) electrons. The molecular formula is C15H22BrN3O2. The molecule has 0 saturated heterocycles. The van der Waals surface area contributed by atoms with Crippen LogP contribution < -0.4 is 10.6 Å². The molecule has 0 aliphatic rings. The number of rotatable bonds is 7. The van der Waals surface area contributed by atoms with Gasteiger partial charge in [0.1, 0.15) is 0 Å². The summed E-state index contributed by atoms with van der Waals surface area (Å²) < 4.78 is 0.743. The number of benzene rings is 1. The molecule has 2 N–H and O–H groups in total. The summed E-state index contributed by atoms with van der Waals surface area (Å²) in [6.07, 6.45) is 0.829. The summed E-state index contributed by atoms with van der Waals surface area (Å²) in [7, 11) is 0. The Kier molecular flexibility index (Phi) is 8.00. The molecule has 1 aromatic rings. The predicted octanol–water partition coefficient (Wildman–Crippen LogP) is 2.24. The third kappa shape index (κ3) is 6.27. The highest BCUT2D eigenvalue weighted by Gasteiger charge is 2.14. The van der Waals surface area contributed by atoms with Gasteiger partial charge in [0.05, 0.1) is 5.69 Å². The number of hydrogen-bond donors (Lipinski definition) is 2. The van der Waals surface area contributed by atoms with Crippen molar-refractivity contribution in [3.05, 3.63) is 28.7 Å². The first-order valence-electron chi connectivity index (χ1n) is 7.14. The van der Waals surface area contributed by atoms with Gasteiger partial charge in [-0.25, -0.2) is 0 Å². The van der Waals surface area contributed by atoms with Gasteiger partial charge in [0.25, 0.3) is 0 Å². The third-order valence-corrected chi connectivity index (χ3v) is 3.85. The summed E-state index contributed by atoms with van der Waals surface area (Å²) in [6, 6.07) is 7.17. The Hall–Kier alpha value is -1.40. The van der Waals surface area contributed by atoms with Gasteiger partial charge in [0.2, 0.25) is 0 Å². The third-order valence-electron chi connectivity index (χ3n) is 3.16. The molecule has 0 unspecified atom stereocenters. The summed E-state index contributed by atoms with van der Waals surface area (Å²) >= 11 is 3.32. The number of hydrogen-bond acceptors (Lipinski definition) is 3. The lowest BCUT2D eigenvalue weighted by Crippen LogP contribution is -2.37. The van der Waals surface area contributed by atoms with E-state index in [1.54, 1.807) is 18.2 Å². The van der Waals surface area contributed by atoms with Gasteiger partial charge < -0.3 is 15.5 Å². The van der Waals surface area contributed by atoms with Gasteiger partial charge in [-0.05, 0) is 54.1 Å². The number of halogens is 1. The number of carbonyl (C=O) groups excluding carboxylic acids is 2. The molecular weight excluding hydrogens is 334 g/mol. The van der Waals surface area contributed by atoms with Crippen molar-refractivity contribution in [1.82, 2.24) is 10.2 Å². The Bertz CT molecular complexity index is 476. The van der Waals surface area contributed by atoms with E-state index < -0.39 is 11.8 Å². The van der Waals surface area contributed by atoms with Crippen molar-refractivity contribution in [3.63, 3.8) is 0 Å². The summed E-state index contributed by atoms with van der Waals surface area (Å²) in [5, 5.41) is 5.21. The van der Waals surface area contributed by atoms with Crippen LogP contribution in [0, 0.1) is 0 Å². The van der Waals surface area contributed by atoms with Crippen LogP contribution in [-0.4, -0.2) is 42.9 Å². The highest BCUT2D eigenvalue weighted by atomic mass is 79.9. The van der Waals surface area contributed by atoms with Gasteiger partial charge in [-0.1, -0.05) is 26.0 Å². The zero-order chi connectivity index (χ0) is 15.7. The van der Waals surface area contributed by atoms with Crippen LogP contribution in [0.5, 0.6) is 0 Å². The number of carbonyl (C=O) groups is 2. The average Bonchev–Trinajstić information content (AvgIpc) is 2.49. The Morgan fingerprint density at radius 2 is 1.81 bits per heavy atom. The zero-order valence-electron chi connectivity index (χ0n) is 12.5. The fourth-order valence-corrected chi connectivity index (χ4v) is 2.25. The molecule has 6 heteroatoms. The molecule has 1 aromatic carbocycles. The quantitative estimate of drug-likeness (QED) is 0.582. The average molecular weight is 356 g/mol. The Morgan fingerprint density at radius 3 is 2.43 bits per heavy atom. The van der Waals surface area contributed by atoms with Gasteiger partial charge in [0.15, 0.2) is 0 Å². The maximum atomic E-state index is 11.8. The molecule has 0 aliphatic heterocycles. The minimum atomic E-state index is -0.648. The van der Waals surface area contributed by atoms with Crippen LogP contribution in [-0.2, 0) is 9.59 Å². The molecule has 2 amide bonds. The van der Waals surface area contributed by atoms with E-state index in [4.69, 9.17) is 0 Å². The van der Waals surface area contributed by atoms with Crippen molar-refractivity contribution in [2.75, 3.05) is 31.5 Å². The highest BCUT2D eigenvalue weighted by Crippen LogP contribution is 2.20. The van der Waals surface area contributed by atoms with Crippen LogP contribution in [0.25, 0.3) is 0 Å². The van der Waals surface area contributed by atoms with Crippen molar-refractivity contribution in [3.8, 4) is 0 Å². The van der Waals surface area contributed by atoms with E-state index in [1.807, 2.05) is 6.07 Å². The molecule has 0 atom stereocenters. The first-order chi connectivity index (χ1) is 10.1. The summed E-state index contributed by atoms with van der Waals surface area (Å²) in [5.41, 5.74) is 0.584. The molecule has 0 aromatic heterocycles. The van der Waals surface area contributed by atoms with Gasteiger partial charge >= 0.3 is 11.8 Å². The van der Waals surface area contributed by atoms with E-state index in [-0.39, 0.29) is 0 Å². The maximum absolute atomic E-state index is 11.8. The van der Waals surface area contributed by atoms with Crippen molar-refractivity contribution in [2.45, 2.75) is 20.3 Å². The van der Waals surface area contributed by atoms with Crippen LogP contribution in [0.3, 0.4) is 0 Å². The zero-order valence-corrected chi connectivity index (χ0v) is 14.1. The van der Waals surface area contributed by atoms with Crippen LogP contribution in [0.15, 0.2) is 28.7 Å². The monoisotopic (exact) mass is 355 g/mol. The second kappa shape index (κ2) is 9.52. The Labute approximate surface area is 134 Å². The second-order valence-corrected chi connectivity index (χ2v) is 5.42. The lowest BCUT2D eigenvalue weighted by Gasteiger charge is -2.17. The number of anilines is 1. The summed E-state index contributed by atoms with van der Waals surface area (Å²) in [4.78, 5) is 25.7. The van der Waals surface area contributed by atoms with Crippen molar-refractivity contribution in [1.29, 1.82) is 0 Å². The topological polar surface area (TPSA) is 61.4 Å². The van der Waals surface area contributed by atoms with E-state index >= 15 is 0 Å². The smallest absolute Gasteiger partial charge is 0.313 e. The first kappa shape index (κ1) is 17.7. The Balaban J connectivity index is 2.32. The summed E-state index contributed by atoms with van der Waals surface area (Å²) in [6.45, 7) is 7.61.